The topological polar surface area (TPSA) is 65.6 Å². The molecule has 0 saturated carbocycles. The molecule has 1 aliphatic carbocycles. The van der Waals surface area contributed by atoms with Gasteiger partial charge in [-0.2, -0.15) is 0 Å². The number of unbranched alkanes of at least 4 members (excludes halogenated alkanes) is 1. The van der Waals surface area contributed by atoms with Gasteiger partial charge in [0.1, 0.15) is 12.3 Å². The maximum absolute atomic E-state index is 12.7. The van der Waals surface area contributed by atoms with Gasteiger partial charge < -0.3 is 29.1 Å². The van der Waals surface area contributed by atoms with Crippen molar-refractivity contribution in [1.29, 1.82) is 0 Å². The van der Waals surface area contributed by atoms with Crippen LogP contribution in [0.5, 0.6) is 5.75 Å². The molecule has 2 saturated heterocycles. The third-order valence-electron chi connectivity index (χ3n) is 7.64. The summed E-state index contributed by atoms with van der Waals surface area (Å²) in [5.74, 6) is 1.02. The van der Waals surface area contributed by atoms with Crippen LogP contribution in [0.3, 0.4) is 0 Å². The molecule has 2 heterocycles. The molecule has 0 radical (unpaired) electrons. The van der Waals surface area contributed by atoms with Gasteiger partial charge in [0.05, 0.1) is 20.3 Å². The fourth-order valence-corrected chi connectivity index (χ4v) is 5.60. The Hall–Kier alpha value is -2.32. The summed E-state index contributed by atoms with van der Waals surface area (Å²) < 4.78 is 10.8. The first-order chi connectivity index (χ1) is 17.1. The number of ether oxygens (including phenoxy) is 2. The minimum atomic E-state index is -0.0248. The molecular weight excluding hydrogens is 444 g/mol. The number of carbonyl (C=O) groups is 2. The van der Waals surface area contributed by atoms with Gasteiger partial charge in [-0.3, -0.25) is 4.79 Å². The van der Waals surface area contributed by atoms with Gasteiger partial charge in [-0.15, -0.1) is 0 Å². The first kappa shape index (κ1) is 25.8. The summed E-state index contributed by atoms with van der Waals surface area (Å²) in [6, 6.07) is 7.05. The highest BCUT2D eigenvalue weighted by molar-refractivity contribution is 5.85. The van der Waals surface area contributed by atoms with Gasteiger partial charge in [-0.1, -0.05) is 13.0 Å². The number of morpholine rings is 1. The highest BCUT2D eigenvalue weighted by Crippen LogP contribution is 2.28. The number of hydrogen-bond acceptors (Lipinski definition) is 5. The molecule has 1 atom stereocenters. The van der Waals surface area contributed by atoms with Crippen LogP contribution in [0.4, 0.5) is 4.79 Å². The molecule has 8 nitrogen and oxygen atoms in total. The summed E-state index contributed by atoms with van der Waals surface area (Å²) in [6.45, 7) is 9.06. The molecule has 2 fully saturated rings. The van der Waals surface area contributed by atoms with E-state index in [-0.39, 0.29) is 18.5 Å². The van der Waals surface area contributed by atoms with E-state index in [9.17, 15) is 9.59 Å². The number of aryl methyl sites for hydroxylation is 1. The van der Waals surface area contributed by atoms with Crippen LogP contribution in [0, 0.1) is 0 Å². The lowest BCUT2D eigenvalue weighted by Gasteiger charge is -2.38. The van der Waals surface area contributed by atoms with Crippen molar-refractivity contribution in [2.45, 2.75) is 51.5 Å². The molecule has 4 rings (SSSR count). The van der Waals surface area contributed by atoms with Crippen molar-refractivity contribution >= 4 is 11.9 Å². The third kappa shape index (κ3) is 6.67. The van der Waals surface area contributed by atoms with Crippen LogP contribution in [0.15, 0.2) is 18.2 Å². The smallest absolute Gasteiger partial charge is 0.320 e. The van der Waals surface area contributed by atoms with Crippen molar-refractivity contribution in [2.24, 2.45) is 0 Å². The summed E-state index contributed by atoms with van der Waals surface area (Å²) in [4.78, 5) is 33.5. The van der Waals surface area contributed by atoms with E-state index in [1.54, 1.807) is 16.9 Å². The second-order valence-electron chi connectivity index (χ2n) is 9.96. The molecule has 1 aromatic carbocycles. The van der Waals surface area contributed by atoms with Crippen LogP contribution in [-0.4, -0.2) is 110 Å². The first-order valence-corrected chi connectivity index (χ1v) is 13.4. The number of methoxy groups -OCH3 is 1. The largest absolute Gasteiger partial charge is 0.497 e. The predicted molar refractivity (Wildman–Crippen MR) is 136 cm³/mol. The van der Waals surface area contributed by atoms with Crippen LogP contribution >= 0.6 is 0 Å². The summed E-state index contributed by atoms with van der Waals surface area (Å²) in [5, 5.41) is 0. The number of benzene rings is 1. The maximum atomic E-state index is 12.7. The second-order valence-corrected chi connectivity index (χ2v) is 9.96. The minimum Gasteiger partial charge on any atom is -0.497 e. The maximum Gasteiger partial charge on any atom is 0.320 e. The van der Waals surface area contributed by atoms with E-state index in [0.717, 1.165) is 57.5 Å². The molecule has 8 heteroatoms. The van der Waals surface area contributed by atoms with Crippen molar-refractivity contribution < 1.29 is 19.1 Å². The molecule has 0 aromatic heterocycles. The molecule has 0 N–H and O–H groups in total. The van der Waals surface area contributed by atoms with Crippen LogP contribution in [0.2, 0.25) is 0 Å². The molecule has 0 bridgehead atoms. The highest BCUT2D eigenvalue weighted by Gasteiger charge is 2.30. The van der Waals surface area contributed by atoms with Gasteiger partial charge in [-0.05, 0) is 74.9 Å². The Labute approximate surface area is 210 Å². The van der Waals surface area contributed by atoms with E-state index in [1.807, 2.05) is 4.90 Å². The van der Waals surface area contributed by atoms with Gasteiger partial charge in [-0.25, -0.2) is 4.79 Å². The monoisotopic (exact) mass is 486 g/mol. The van der Waals surface area contributed by atoms with Gasteiger partial charge in [0.25, 0.3) is 0 Å². The zero-order chi connectivity index (χ0) is 24.6. The Morgan fingerprint density at radius 3 is 2.66 bits per heavy atom. The van der Waals surface area contributed by atoms with Crippen LogP contribution in [-0.2, 0) is 22.4 Å². The van der Waals surface area contributed by atoms with Crippen molar-refractivity contribution in [3.05, 3.63) is 29.3 Å². The summed E-state index contributed by atoms with van der Waals surface area (Å²) in [5.41, 5.74) is 2.89. The number of rotatable bonds is 9. The normalized spacial score (nSPS) is 20.8. The number of piperazine rings is 1. The Morgan fingerprint density at radius 2 is 1.91 bits per heavy atom. The van der Waals surface area contributed by atoms with Gasteiger partial charge >= 0.3 is 6.03 Å². The Bertz CT molecular complexity index is 858. The van der Waals surface area contributed by atoms with Crippen molar-refractivity contribution in [3.8, 4) is 5.75 Å². The lowest BCUT2D eigenvalue weighted by molar-refractivity contribution is -0.135. The lowest BCUT2D eigenvalue weighted by Crippen LogP contribution is -2.57. The minimum absolute atomic E-state index is 0.0248. The van der Waals surface area contributed by atoms with Crippen molar-refractivity contribution in [2.75, 3.05) is 72.7 Å². The number of urea groups is 1. The third-order valence-corrected chi connectivity index (χ3v) is 7.64. The molecule has 1 aromatic rings. The molecule has 3 amide bonds. The van der Waals surface area contributed by atoms with E-state index in [1.165, 1.54) is 17.5 Å². The first-order valence-electron chi connectivity index (χ1n) is 13.4. The van der Waals surface area contributed by atoms with Crippen LogP contribution in [0.1, 0.15) is 43.7 Å². The average molecular weight is 487 g/mol. The van der Waals surface area contributed by atoms with Crippen LogP contribution < -0.4 is 4.74 Å². The molecule has 2 aliphatic heterocycles. The molecule has 0 spiro atoms. The summed E-state index contributed by atoms with van der Waals surface area (Å²) in [6.07, 6.45) is 6.66. The predicted octanol–water partition coefficient (Wildman–Crippen LogP) is 2.64. The number of amides is 3. The highest BCUT2D eigenvalue weighted by atomic mass is 16.5. The van der Waals surface area contributed by atoms with E-state index in [0.29, 0.717) is 45.4 Å². The van der Waals surface area contributed by atoms with Gasteiger partial charge in [0.2, 0.25) is 5.91 Å². The number of carbonyl (C=O) groups excluding carboxylic acids is 2. The van der Waals surface area contributed by atoms with Crippen molar-refractivity contribution in [3.63, 3.8) is 0 Å². The van der Waals surface area contributed by atoms with E-state index in [2.05, 4.69) is 30.0 Å². The van der Waals surface area contributed by atoms with Gasteiger partial charge in [0.15, 0.2) is 0 Å². The van der Waals surface area contributed by atoms with Crippen LogP contribution in [0.25, 0.3) is 0 Å². The lowest BCUT2D eigenvalue weighted by atomic mass is 9.87. The van der Waals surface area contributed by atoms with E-state index < -0.39 is 0 Å². The van der Waals surface area contributed by atoms with E-state index in [4.69, 9.17) is 9.47 Å². The zero-order valence-electron chi connectivity index (χ0n) is 21.5. The Balaban J connectivity index is 1.21. The standard InChI is InChI=1S/C27H42N4O4/c1-3-10-28(24-8-6-22-7-9-25(34-2)20-23(22)19-24)11-4-5-12-29-13-14-31(21-26(29)32)27(33)30-15-17-35-18-16-30/h7,9,20,24H,3-6,8,10-19,21H2,1-2H3. The van der Waals surface area contributed by atoms with E-state index >= 15 is 0 Å². The summed E-state index contributed by atoms with van der Waals surface area (Å²) in [7, 11) is 1.73. The average Bonchev–Trinajstić information content (AvgIpc) is 2.90. The quantitative estimate of drug-likeness (QED) is 0.502. The molecule has 35 heavy (non-hydrogen) atoms. The Kier molecular flexibility index (Phi) is 9.26. The number of hydrogen-bond donors (Lipinski definition) is 0. The SMILES string of the molecule is CCCN(CCCCN1CCN(C(=O)N2CCOCC2)CC1=O)C1CCc2ccc(OC)cc2C1. The fourth-order valence-electron chi connectivity index (χ4n) is 5.60. The van der Waals surface area contributed by atoms with Crippen molar-refractivity contribution in [1.82, 2.24) is 19.6 Å². The second kappa shape index (κ2) is 12.6. The zero-order valence-corrected chi connectivity index (χ0v) is 21.5. The molecule has 1 unspecified atom stereocenters. The molecule has 3 aliphatic rings. The fraction of sp³-hybridized carbons (Fsp3) is 0.704. The molecule has 194 valence electrons. The Morgan fingerprint density at radius 1 is 1.09 bits per heavy atom. The van der Waals surface area contributed by atoms with Gasteiger partial charge in [0, 0.05) is 38.8 Å². The molecular formula is C27H42N4O4. The number of fused-ring (bicyclic) bond motifs is 1. The summed E-state index contributed by atoms with van der Waals surface area (Å²) >= 11 is 0. The number of nitrogens with zero attached hydrogens (tertiary/aromatic N) is 4.